The SMILES string of the molecule is CN(Cc1ccc2ccccc2c1)C(=O)C(C)(C)C#N. The van der Waals surface area contributed by atoms with Gasteiger partial charge in [0.2, 0.25) is 5.91 Å². The van der Waals surface area contributed by atoms with E-state index in [2.05, 4.69) is 24.3 Å². The Morgan fingerprint density at radius 1 is 1.20 bits per heavy atom. The van der Waals surface area contributed by atoms with Crippen molar-refractivity contribution in [2.24, 2.45) is 5.41 Å². The molecule has 0 aliphatic heterocycles. The lowest BCUT2D eigenvalue weighted by Crippen LogP contribution is -2.37. The highest BCUT2D eigenvalue weighted by molar-refractivity contribution is 5.85. The number of hydrogen-bond acceptors (Lipinski definition) is 2. The van der Waals surface area contributed by atoms with Crippen LogP contribution in [0.25, 0.3) is 10.8 Å². The molecule has 0 heterocycles. The molecule has 2 aromatic carbocycles. The van der Waals surface area contributed by atoms with Crippen molar-refractivity contribution in [2.45, 2.75) is 20.4 Å². The molecule has 0 aliphatic rings. The summed E-state index contributed by atoms with van der Waals surface area (Å²) >= 11 is 0. The summed E-state index contributed by atoms with van der Waals surface area (Å²) in [6.45, 7) is 3.80. The maximum atomic E-state index is 12.2. The lowest BCUT2D eigenvalue weighted by atomic mass is 9.94. The van der Waals surface area contributed by atoms with Gasteiger partial charge in [-0.3, -0.25) is 4.79 Å². The monoisotopic (exact) mass is 266 g/mol. The van der Waals surface area contributed by atoms with E-state index in [0.717, 1.165) is 10.9 Å². The van der Waals surface area contributed by atoms with Crippen molar-refractivity contribution in [1.82, 2.24) is 4.90 Å². The number of carbonyl (C=O) groups excluding carboxylic acids is 1. The van der Waals surface area contributed by atoms with Gasteiger partial charge in [-0.05, 0) is 36.2 Å². The summed E-state index contributed by atoms with van der Waals surface area (Å²) in [6.07, 6.45) is 0. The van der Waals surface area contributed by atoms with Gasteiger partial charge in [-0.2, -0.15) is 5.26 Å². The van der Waals surface area contributed by atoms with Crippen LogP contribution in [0.1, 0.15) is 19.4 Å². The average molecular weight is 266 g/mol. The molecule has 1 amide bonds. The molecule has 2 rings (SSSR count). The normalized spacial score (nSPS) is 11.1. The van der Waals surface area contributed by atoms with Gasteiger partial charge >= 0.3 is 0 Å². The van der Waals surface area contributed by atoms with E-state index in [1.54, 1.807) is 25.8 Å². The van der Waals surface area contributed by atoms with Gasteiger partial charge in [-0.15, -0.1) is 0 Å². The second kappa shape index (κ2) is 5.34. The van der Waals surface area contributed by atoms with Crippen LogP contribution in [-0.2, 0) is 11.3 Å². The number of amides is 1. The van der Waals surface area contributed by atoms with E-state index in [4.69, 9.17) is 5.26 Å². The molecule has 3 heteroatoms. The van der Waals surface area contributed by atoms with E-state index >= 15 is 0 Å². The minimum absolute atomic E-state index is 0.159. The minimum Gasteiger partial charge on any atom is -0.340 e. The molecule has 0 aromatic heterocycles. The van der Waals surface area contributed by atoms with E-state index < -0.39 is 5.41 Å². The fraction of sp³-hybridized carbons (Fsp3) is 0.294. The van der Waals surface area contributed by atoms with E-state index in [1.165, 1.54) is 5.39 Å². The van der Waals surface area contributed by atoms with Crippen molar-refractivity contribution in [3.05, 3.63) is 48.0 Å². The maximum Gasteiger partial charge on any atom is 0.242 e. The maximum absolute atomic E-state index is 12.2. The van der Waals surface area contributed by atoms with Crippen LogP contribution in [0.2, 0.25) is 0 Å². The van der Waals surface area contributed by atoms with Gasteiger partial charge in [-0.25, -0.2) is 0 Å². The van der Waals surface area contributed by atoms with Crippen LogP contribution >= 0.6 is 0 Å². The van der Waals surface area contributed by atoms with Gasteiger partial charge < -0.3 is 4.90 Å². The molecule has 3 nitrogen and oxygen atoms in total. The van der Waals surface area contributed by atoms with Crippen molar-refractivity contribution in [1.29, 1.82) is 5.26 Å². The minimum atomic E-state index is -0.981. The second-order valence-electron chi connectivity index (χ2n) is 5.58. The van der Waals surface area contributed by atoms with Crippen LogP contribution in [0, 0.1) is 16.7 Å². The highest BCUT2D eigenvalue weighted by atomic mass is 16.2. The highest BCUT2D eigenvalue weighted by Gasteiger charge is 2.30. The molecular formula is C17H18N2O. The molecular weight excluding hydrogens is 248 g/mol. The number of nitriles is 1. The van der Waals surface area contributed by atoms with E-state index in [9.17, 15) is 4.79 Å². The number of carbonyl (C=O) groups is 1. The van der Waals surface area contributed by atoms with E-state index in [1.807, 2.05) is 24.3 Å². The summed E-state index contributed by atoms with van der Waals surface area (Å²) in [6, 6.07) is 16.3. The number of fused-ring (bicyclic) bond motifs is 1. The molecule has 0 atom stereocenters. The van der Waals surface area contributed by atoms with Crippen molar-refractivity contribution >= 4 is 16.7 Å². The smallest absolute Gasteiger partial charge is 0.242 e. The molecule has 0 saturated carbocycles. The molecule has 102 valence electrons. The summed E-state index contributed by atoms with van der Waals surface area (Å²) in [7, 11) is 1.73. The van der Waals surface area contributed by atoms with Crippen LogP contribution in [0.4, 0.5) is 0 Å². The summed E-state index contributed by atoms with van der Waals surface area (Å²) in [4.78, 5) is 13.8. The third-order valence-corrected chi connectivity index (χ3v) is 3.39. The average Bonchev–Trinajstić information content (AvgIpc) is 2.46. The predicted molar refractivity (Wildman–Crippen MR) is 79.8 cm³/mol. The highest BCUT2D eigenvalue weighted by Crippen LogP contribution is 2.20. The Bertz CT molecular complexity index is 683. The van der Waals surface area contributed by atoms with E-state index in [-0.39, 0.29) is 5.91 Å². The first-order chi connectivity index (χ1) is 9.44. The fourth-order valence-corrected chi connectivity index (χ4v) is 2.21. The van der Waals surface area contributed by atoms with Gasteiger partial charge in [0.05, 0.1) is 6.07 Å². The molecule has 0 N–H and O–H groups in total. The van der Waals surface area contributed by atoms with Gasteiger partial charge in [0, 0.05) is 13.6 Å². The van der Waals surface area contributed by atoms with Gasteiger partial charge in [0.1, 0.15) is 5.41 Å². The van der Waals surface area contributed by atoms with Crippen LogP contribution in [-0.4, -0.2) is 17.9 Å². The summed E-state index contributed by atoms with van der Waals surface area (Å²) < 4.78 is 0. The summed E-state index contributed by atoms with van der Waals surface area (Å²) in [5.74, 6) is -0.159. The Kier molecular flexibility index (Phi) is 3.76. The van der Waals surface area contributed by atoms with Gasteiger partial charge in [0.25, 0.3) is 0 Å². The Morgan fingerprint density at radius 3 is 2.50 bits per heavy atom. The Morgan fingerprint density at radius 2 is 1.85 bits per heavy atom. The van der Waals surface area contributed by atoms with E-state index in [0.29, 0.717) is 6.54 Å². The zero-order valence-corrected chi connectivity index (χ0v) is 12.1. The first-order valence-corrected chi connectivity index (χ1v) is 6.58. The second-order valence-corrected chi connectivity index (χ2v) is 5.58. The lowest BCUT2D eigenvalue weighted by molar-refractivity contribution is -0.136. The molecule has 0 bridgehead atoms. The third-order valence-electron chi connectivity index (χ3n) is 3.39. The molecule has 0 saturated heterocycles. The standard InChI is InChI=1S/C17H18N2O/c1-17(2,12-18)16(20)19(3)11-13-8-9-14-6-4-5-7-15(14)10-13/h4-10H,11H2,1-3H3. The zero-order chi connectivity index (χ0) is 14.8. The van der Waals surface area contributed by atoms with Gasteiger partial charge in [-0.1, -0.05) is 36.4 Å². The number of rotatable bonds is 3. The fourth-order valence-electron chi connectivity index (χ4n) is 2.21. The van der Waals surface area contributed by atoms with Gasteiger partial charge in [0.15, 0.2) is 0 Å². The van der Waals surface area contributed by atoms with Crippen molar-refractivity contribution in [3.63, 3.8) is 0 Å². The quantitative estimate of drug-likeness (QED) is 0.855. The third kappa shape index (κ3) is 2.80. The first-order valence-electron chi connectivity index (χ1n) is 6.58. The van der Waals surface area contributed by atoms with Crippen molar-refractivity contribution < 1.29 is 4.79 Å². The van der Waals surface area contributed by atoms with Crippen LogP contribution < -0.4 is 0 Å². The number of hydrogen-bond donors (Lipinski definition) is 0. The molecule has 0 unspecified atom stereocenters. The zero-order valence-electron chi connectivity index (χ0n) is 12.1. The summed E-state index contributed by atoms with van der Waals surface area (Å²) in [5.41, 5.74) is 0.0827. The van der Waals surface area contributed by atoms with Crippen LogP contribution in [0.15, 0.2) is 42.5 Å². The van der Waals surface area contributed by atoms with Crippen LogP contribution in [0.5, 0.6) is 0 Å². The van der Waals surface area contributed by atoms with Crippen molar-refractivity contribution in [2.75, 3.05) is 7.05 Å². The topological polar surface area (TPSA) is 44.1 Å². The Labute approximate surface area is 119 Å². The largest absolute Gasteiger partial charge is 0.340 e. The molecule has 2 aromatic rings. The number of nitrogens with zero attached hydrogens (tertiary/aromatic N) is 2. The molecule has 0 aliphatic carbocycles. The Hall–Kier alpha value is -2.34. The number of benzene rings is 2. The van der Waals surface area contributed by atoms with Crippen molar-refractivity contribution in [3.8, 4) is 6.07 Å². The molecule has 0 fully saturated rings. The molecule has 0 radical (unpaired) electrons. The molecule has 0 spiro atoms. The Balaban J connectivity index is 2.20. The lowest BCUT2D eigenvalue weighted by Gasteiger charge is -2.24. The first kappa shape index (κ1) is 14.1. The predicted octanol–water partition coefficient (Wildman–Crippen LogP) is 3.35. The molecule has 20 heavy (non-hydrogen) atoms. The summed E-state index contributed by atoms with van der Waals surface area (Å²) in [5, 5.41) is 11.4. The van der Waals surface area contributed by atoms with Crippen LogP contribution in [0.3, 0.4) is 0 Å².